The molecule has 2 aromatic rings. The van der Waals surface area contributed by atoms with Gasteiger partial charge >= 0.3 is 6.03 Å². The first-order valence-corrected chi connectivity index (χ1v) is 9.31. The number of halogens is 2. The number of carbonyl (C=O) groups is 1. The summed E-state index contributed by atoms with van der Waals surface area (Å²) in [6.45, 7) is 3.19. The van der Waals surface area contributed by atoms with Gasteiger partial charge in [0, 0.05) is 45.0 Å². The van der Waals surface area contributed by atoms with E-state index < -0.39 is 11.6 Å². The van der Waals surface area contributed by atoms with E-state index in [1.165, 1.54) is 6.07 Å². The average Bonchev–Trinajstić information content (AvgIpc) is 3.37. The van der Waals surface area contributed by atoms with E-state index in [0.29, 0.717) is 44.2 Å². The van der Waals surface area contributed by atoms with E-state index >= 15 is 0 Å². The Morgan fingerprint density at radius 3 is 2.93 bits per heavy atom. The van der Waals surface area contributed by atoms with E-state index in [-0.39, 0.29) is 11.9 Å². The van der Waals surface area contributed by atoms with Crippen LogP contribution < -0.4 is 10.2 Å². The van der Waals surface area contributed by atoms with Crippen molar-refractivity contribution < 1.29 is 22.7 Å². The number of methoxy groups -OCH3 is 1. The van der Waals surface area contributed by atoms with E-state index in [9.17, 15) is 13.6 Å². The van der Waals surface area contributed by atoms with Crippen LogP contribution in [0.4, 0.5) is 19.3 Å². The SMILES string of the molecule is COCCN(Cc1ccco1)C(=O)NCC1CCN(c2ccc(F)c(F)c2)C1. The molecule has 1 atom stereocenters. The summed E-state index contributed by atoms with van der Waals surface area (Å²) in [6, 6.07) is 7.36. The predicted octanol–water partition coefficient (Wildman–Crippen LogP) is 3.24. The van der Waals surface area contributed by atoms with Crippen LogP contribution in [0.3, 0.4) is 0 Å². The largest absolute Gasteiger partial charge is 0.467 e. The minimum absolute atomic E-state index is 0.181. The number of hydrogen-bond donors (Lipinski definition) is 1. The van der Waals surface area contributed by atoms with Crippen molar-refractivity contribution in [3.63, 3.8) is 0 Å². The van der Waals surface area contributed by atoms with Gasteiger partial charge in [-0.15, -0.1) is 0 Å². The molecule has 28 heavy (non-hydrogen) atoms. The highest BCUT2D eigenvalue weighted by Crippen LogP contribution is 2.25. The maximum absolute atomic E-state index is 13.4. The molecule has 1 aromatic heterocycles. The van der Waals surface area contributed by atoms with Crippen molar-refractivity contribution in [3.8, 4) is 0 Å². The summed E-state index contributed by atoms with van der Waals surface area (Å²) in [4.78, 5) is 16.2. The summed E-state index contributed by atoms with van der Waals surface area (Å²) in [5.41, 5.74) is 0.660. The molecular weight excluding hydrogens is 368 g/mol. The molecular formula is C20H25F2N3O3. The van der Waals surface area contributed by atoms with Gasteiger partial charge in [0.25, 0.3) is 0 Å². The molecule has 6 nitrogen and oxygen atoms in total. The van der Waals surface area contributed by atoms with Crippen LogP contribution in [0.1, 0.15) is 12.2 Å². The van der Waals surface area contributed by atoms with Crippen molar-refractivity contribution in [3.05, 3.63) is 54.0 Å². The second-order valence-corrected chi connectivity index (χ2v) is 6.88. The molecule has 1 aliphatic heterocycles. The molecule has 1 N–H and O–H groups in total. The van der Waals surface area contributed by atoms with Crippen LogP contribution in [0.5, 0.6) is 0 Å². The van der Waals surface area contributed by atoms with Gasteiger partial charge in [0.1, 0.15) is 5.76 Å². The summed E-state index contributed by atoms with van der Waals surface area (Å²) in [5, 5.41) is 2.97. The molecule has 1 aliphatic rings. The topological polar surface area (TPSA) is 58.0 Å². The smallest absolute Gasteiger partial charge is 0.317 e. The zero-order chi connectivity index (χ0) is 19.9. The highest BCUT2D eigenvalue weighted by molar-refractivity contribution is 5.74. The van der Waals surface area contributed by atoms with Gasteiger partial charge in [0.05, 0.1) is 19.4 Å². The minimum atomic E-state index is -0.848. The molecule has 1 aromatic carbocycles. The summed E-state index contributed by atoms with van der Waals surface area (Å²) < 4.78 is 37.0. The molecule has 1 unspecified atom stereocenters. The normalized spacial score (nSPS) is 16.4. The van der Waals surface area contributed by atoms with Gasteiger partial charge in [0.2, 0.25) is 0 Å². The van der Waals surface area contributed by atoms with E-state index in [4.69, 9.17) is 9.15 Å². The van der Waals surface area contributed by atoms with Crippen molar-refractivity contribution in [1.29, 1.82) is 0 Å². The Bertz CT molecular complexity index is 770. The van der Waals surface area contributed by atoms with Gasteiger partial charge in [0.15, 0.2) is 11.6 Å². The number of furan rings is 1. The zero-order valence-corrected chi connectivity index (χ0v) is 15.9. The van der Waals surface area contributed by atoms with Gasteiger partial charge in [-0.25, -0.2) is 13.6 Å². The molecule has 1 saturated heterocycles. The summed E-state index contributed by atoms with van der Waals surface area (Å²) in [5.74, 6) is -0.748. The van der Waals surface area contributed by atoms with Crippen LogP contribution in [-0.2, 0) is 11.3 Å². The molecule has 0 bridgehead atoms. The molecule has 152 valence electrons. The number of carbonyl (C=O) groups excluding carboxylic acids is 1. The predicted molar refractivity (Wildman–Crippen MR) is 101 cm³/mol. The lowest BCUT2D eigenvalue weighted by Crippen LogP contribution is -2.43. The van der Waals surface area contributed by atoms with Gasteiger partial charge in [-0.2, -0.15) is 0 Å². The Labute approximate surface area is 163 Å². The van der Waals surface area contributed by atoms with Crippen LogP contribution >= 0.6 is 0 Å². The number of hydrogen-bond acceptors (Lipinski definition) is 4. The summed E-state index contributed by atoms with van der Waals surface area (Å²) in [7, 11) is 1.59. The summed E-state index contributed by atoms with van der Waals surface area (Å²) in [6.07, 6.45) is 2.45. The fourth-order valence-electron chi connectivity index (χ4n) is 3.30. The average molecular weight is 393 g/mol. The number of ether oxygens (including phenoxy) is 1. The lowest BCUT2D eigenvalue weighted by molar-refractivity contribution is 0.142. The van der Waals surface area contributed by atoms with E-state index in [0.717, 1.165) is 19.0 Å². The Kier molecular flexibility index (Phi) is 6.86. The monoisotopic (exact) mass is 393 g/mol. The van der Waals surface area contributed by atoms with Crippen LogP contribution in [0, 0.1) is 17.6 Å². The van der Waals surface area contributed by atoms with Gasteiger partial charge in [-0.1, -0.05) is 0 Å². The molecule has 2 heterocycles. The van der Waals surface area contributed by atoms with Crippen LogP contribution in [0.25, 0.3) is 0 Å². The first kappa shape index (κ1) is 20.1. The summed E-state index contributed by atoms with van der Waals surface area (Å²) >= 11 is 0. The molecule has 0 saturated carbocycles. The minimum Gasteiger partial charge on any atom is -0.467 e. The third kappa shape index (κ3) is 5.22. The molecule has 0 radical (unpaired) electrons. The highest BCUT2D eigenvalue weighted by Gasteiger charge is 2.25. The number of amides is 2. The lowest BCUT2D eigenvalue weighted by atomic mass is 10.1. The fourth-order valence-corrected chi connectivity index (χ4v) is 3.30. The first-order valence-electron chi connectivity index (χ1n) is 9.31. The Hall–Kier alpha value is -2.61. The number of nitrogens with one attached hydrogen (secondary N) is 1. The second-order valence-electron chi connectivity index (χ2n) is 6.88. The lowest BCUT2D eigenvalue weighted by Gasteiger charge is -2.23. The zero-order valence-electron chi connectivity index (χ0n) is 15.9. The maximum Gasteiger partial charge on any atom is 0.317 e. The van der Waals surface area contributed by atoms with Crippen LogP contribution in [0.15, 0.2) is 41.0 Å². The van der Waals surface area contributed by atoms with Crippen LogP contribution in [0.2, 0.25) is 0 Å². The van der Waals surface area contributed by atoms with E-state index in [1.54, 1.807) is 30.4 Å². The van der Waals surface area contributed by atoms with E-state index in [1.807, 2.05) is 11.0 Å². The van der Waals surface area contributed by atoms with Crippen LogP contribution in [-0.4, -0.2) is 50.8 Å². The van der Waals surface area contributed by atoms with Gasteiger partial charge in [-0.3, -0.25) is 0 Å². The number of urea groups is 1. The molecule has 0 aliphatic carbocycles. The van der Waals surface area contributed by atoms with Crippen molar-refractivity contribution >= 4 is 11.7 Å². The van der Waals surface area contributed by atoms with Gasteiger partial charge < -0.3 is 24.3 Å². The number of benzene rings is 1. The maximum atomic E-state index is 13.4. The molecule has 1 fully saturated rings. The Balaban J connectivity index is 1.50. The number of nitrogens with zero attached hydrogens (tertiary/aromatic N) is 2. The van der Waals surface area contributed by atoms with Crippen molar-refractivity contribution in [1.82, 2.24) is 10.2 Å². The molecule has 2 amide bonds. The first-order chi connectivity index (χ1) is 13.6. The Morgan fingerprint density at radius 2 is 2.21 bits per heavy atom. The molecule has 0 spiro atoms. The van der Waals surface area contributed by atoms with Gasteiger partial charge in [-0.05, 0) is 36.6 Å². The second kappa shape index (κ2) is 9.54. The molecule has 8 heteroatoms. The third-order valence-corrected chi connectivity index (χ3v) is 4.88. The van der Waals surface area contributed by atoms with Crippen molar-refractivity contribution in [2.75, 3.05) is 44.8 Å². The van der Waals surface area contributed by atoms with E-state index in [2.05, 4.69) is 5.32 Å². The Morgan fingerprint density at radius 1 is 1.36 bits per heavy atom. The highest BCUT2D eigenvalue weighted by atomic mass is 19.2. The third-order valence-electron chi connectivity index (χ3n) is 4.88. The number of anilines is 1. The number of rotatable bonds is 8. The standard InChI is InChI=1S/C20H25F2N3O3/c1-27-10-8-25(14-17-3-2-9-28-17)20(26)23-12-15-6-7-24(13-15)16-4-5-18(21)19(22)11-16/h2-5,9,11,15H,6-8,10,12-14H2,1H3,(H,23,26). The van der Waals surface area contributed by atoms with Crippen molar-refractivity contribution in [2.45, 2.75) is 13.0 Å². The molecule has 3 rings (SSSR count). The van der Waals surface area contributed by atoms with Crippen molar-refractivity contribution in [2.24, 2.45) is 5.92 Å². The quantitative estimate of drug-likeness (QED) is 0.748. The fraction of sp³-hybridized carbons (Fsp3) is 0.450.